The third kappa shape index (κ3) is 4.76. The number of rotatable bonds is 6. The molecule has 0 radical (unpaired) electrons. The second kappa shape index (κ2) is 8.91. The lowest BCUT2D eigenvalue weighted by Gasteiger charge is -2.40. The molecule has 1 unspecified atom stereocenters. The van der Waals surface area contributed by atoms with Crippen LogP contribution in [0.1, 0.15) is 39.0 Å². The molecule has 4 N–H and O–H groups in total. The van der Waals surface area contributed by atoms with E-state index in [2.05, 4.69) is 20.3 Å². The summed E-state index contributed by atoms with van der Waals surface area (Å²) < 4.78 is 0. The standard InChI is InChI=1S/C19H30N6O4/c1-11(26)16(28)13-9-20-17-15(18(29)23-19(22-17)21-10-24(2)3)25(13)14(27)8-12-6-4-5-7-12/h10-13,16,26,28H,4-9H2,1-3H3,(H2,20,22,23,29)/b21-10+/t11-,13?,16-/m0/s1. The Hall–Kier alpha value is -2.46. The van der Waals surface area contributed by atoms with Crippen LogP contribution in [0, 0.1) is 5.92 Å². The fraction of sp³-hybridized carbons (Fsp3) is 0.684. The van der Waals surface area contributed by atoms with Gasteiger partial charge in [-0.1, -0.05) is 12.8 Å². The van der Waals surface area contributed by atoms with E-state index >= 15 is 0 Å². The summed E-state index contributed by atoms with van der Waals surface area (Å²) in [6.07, 6.45) is 3.74. The maximum Gasteiger partial charge on any atom is 0.278 e. The largest absolute Gasteiger partial charge is 0.391 e. The summed E-state index contributed by atoms with van der Waals surface area (Å²) in [5.74, 6) is 0.406. The van der Waals surface area contributed by atoms with Crippen LogP contribution in [-0.4, -0.2) is 76.2 Å². The lowest BCUT2D eigenvalue weighted by molar-refractivity contribution is -0.121. The number of aliphatic imine (C=N–C) groups is 1. The number of aromatic amines is 1. The van der Waals surface area contributed by atoms with Crippen LogP contribution in [0.3, 0.4) is 0 Å². The number of carbonyl (C=O) groups excluding carboxylic acids is 1. The Kier molecular flexibility index (Phi) is 6.53. The van der Waals surface area contributed by atoms with Crippen molar-refractivity contribution in [1.82, 2.24) is 14.9 Å². The molecule has 0 saturated heterocycles. The molecule has 29 heavy (non-hydrogen) atoms. The molecule has 10 heteroatoms. The highest BCUT2D eigenvalue weighted by atomic mass is 16.3. The molecule has 1 aromatic heterocycles. The minimum absolute atomic E-state index is 0.0627. The van der Waals surface area contributed by atoms with E-state index < -0.39 is 23.8 Å². The number of fused-ring (bicyclic) bond motifs is 1. The molecule has 0 aromatic carbocycles. The van der Waals surface area contributed by atoms with E-state index in [0.29, 0.717) is 6.42 Å². The van der Waals surface area contributed by atoms with E-state index in [1.54, 1.807) is 19.0 Å². The third-order valence-electron chi connectivity index (χ3n) is 5.44. The van der Waals surface area contributed by atoms with Gasteiger partial charge in [-0.2, -0.15) is 4.98 Å². The number of aliphatic hydroxyl groups is 2. The lowest BCUT2D eigenvalue weighted by Crippen LogP contribution is -2.58. The van der Waals surface area contributed by atoms with Gasteiger partial charge in [0, 0.05) is 27.1 Å². The van der Waals surface area contributed by atoms with Crippen LogP contribution in [0.25, 0.3) is 0 Å². The molecule has 10 nitrogen and oxygen atoms in total. The monoisotopic (exact) mass is 406 g/mol. The fourth-order valence-electron chi connectivity index (χ4n) is 3.96. The SMILES string of the molecule is C[C@H](O)[C@H](O)C1CNc2nc(/N=C/N(C)C)[nH]c(=O)c2N1C(=O)CC1CCCC1. The van der Waals surface area contributed by atoms with Crippen LogP contribution in [0.15, 0.2) is 9.79 Å². The van der Waals surface area contributed by atoms with Crippen LogP contribution in [0.2, 0.25) is 0 Å². The Morgan fingerprint density at radius 2 is 2.07 bits per heavy atom. The van der Waals surface area contributed by atoms with Crippen LogP contribution < -0.4 is 15.8 Å². The van der Waals surface area contributed by atoms with Crippen molar-refractivity contribution in [3.8, 4) is 0 Å². The molecule has 3 rings (SSSR count). The Morgan fingerprint density at radius 3 is 2.69 bits per heavy atom. The van der Waals surface area contributed by atoms with E-state index in [0.717, 1.165) is 25.7 Å². The third-order valence-corrected chi connectivity index (χ3v) is 5.44. The maximum atomic E-state index is 13.2. The number of H-pyrrole nitrogens is 1. The number of anilines is 2. The summed E-state index contributed by atoms with van der Waals surface area (Å²) in [4.78, 5) is 40.1. The molecule has 2 aliphatic rings. The van der Waals surface area contributed by atoms with E-state index in [-0.39, 0.29) is 35.8 Å². The van der Waals surface area contributed by atoms with Crippen LogP contribution in [0.5, 0.6) is 0 Å². The van der Waals surface area contributed by atoms with Gasteiger partial charge in [0.2, 0.25) is 11.9 Å². The molecule has 2 heterocycles. The summed E-state index contributed by atoms with van der Waals surface area (Å²) in [7, 11) is 3.59. The number of aliphatic hydroxyl groups excluding tert-OH is 2. The molecule has 1 aliphatic carbocycles. The number of carbonyl (C=O) groups is 1. The summed E-state index contributed by atoms with van der Waals surface area (Å²) in [5, 5.41) is 23.4. The molecule has 1 aliphatic heterocycles. The van der Waals surface area contributed by atoms with Gasteiger partial charge < -0.3 is 20.4 Å². The van der Waals surface area contributed by atoms with Gasteiger partial charge in [-0.15, -0.1) is 0 Å². The van der Waals surface area contributed by atoms with E-state index in [1.165, 1.54) is 18.2 Å². The van der Waals surface area contributed by atoms with E-state index in [1.807, 2.05) is 0 Å². The Balaban J connectivity index is 1.98. The zero-order valence-corrected chi connectivity index (χ0v) is 17.1. The van der Waals surface area contributed by atoms with Crippen molar-refractivity contribution < 1.29 is 15.0 Å². The van der Waals surface area contributed by atoms with Crippen molar-refractivity contribution in [2.75, 3.05) is 30.9 Å². The average molecular weight is 406 g/mol. The fourth-order valence-corrected chi connectivity index (χ4v) is 3.96. The number of hydrogen-bond donors (Lipinski definition) is 4. The van der Waals surface area contributed by atoms with Crippen molar-refractivity contribution in [2.45, 2.75) is 57.3 Å². The summed E-state index contributed by atoms with van der Waals surface area (Å²) in [6.45, 7) is 1.63. The molecule has 0 spiro atoms. The molecule has 1 amide bonds. The van der Waals surface area contributed by atoms with Crippen molar-refractivity contribution in [1.29, 1.82) is 0 Å². The van der Waals surface area contributed by atoms with Gasteiger partial charge in [-0.3, -0.25) is 19.5 Å². The van der Waals surface area contributed by atoms with Crippen LogP contribution >= 0.6 is 0 Å². The van der Waals surface area contributed by atoms with Crippen molar-refractivity contribution in [2.24, 2.45) is 10.9 Å². The first-order chi connectivity index (χ1) is 13.8. The minimum Gasteiger partial charge on any atom is -0.391 e. The lowest BCUT2D eigenvalue weighted by atomic mass is 9.98. The number of aromatic nitrogens is 2. The first-order valence-electron chi connectivity index (χ1n) is 10.0. The number of nitrogens with one attached hydrogen (secondary N) is 2. The molecular weight excluding hydrogens is 376 g/mol. The van der Waals surface area contributed by atoms with Gasteiger partial charge in [0.05, 0.1) is 18.5 Å². The first kappa shape index (κ1) is 21.3. The van der Waals surface area contributed by atoms with Gasteiger partial charge in [-0.25, -0.2) is 4.99 Å². The zero-order valence-electron chi connectivity index (χ0n) is 17.1. The topological polar surface area (TPSA) is 134 Å². The minimum atomic E-state index is -1.20. The van der Waals surface area contributed by atoms with Crippen LogP contribution in [0.4, 0.5) is 17.5 Å². The van der Waals surface area contributed by atoms with Gasteiger partial charge in [-0.05, 0) is 25.7 Å². The second-order valence-electron chi connectivity index (χ2n) is 8.09. The molecule has 3 atom stereocenters. The molecule has 1 aromatic rings. The Bertz CT molecular complexity index is 815. The predicted molar refractivity (Wildman–Crippen MR) is 111 cm³/mol. The molecule has 160 valence electrons. The van der Waals surface area contributed by atoms with Crippen molar-refractivity contribution in [3.63, 3.8) is 0 Å². The van der Waals surface area contributed by atoms with E-state index in [9.17, 15) is 19.8 Å². The Morgan fingerprint density at radius 1 is 1.38 bits per heavy atom. The second-order valence-corrected chi connectivity index (χ2v) is 8.09. The number of hydrogen-bond acceptors (Lipinski definition) is 7. The van der Waals surface area contributed by atoms with Gasteiger partial charge in [0.1, 0.15) is 6.10 Å². The average Bonchev–Trinajstić information content (AvgIpc) is 3.17. The van der Waals surface area contributed by atoms with E-state index in [4.69, 9.17) is 0 Å². The van der Waals surface area contributed by atoms with Crippen molar-refractivity contribution >= 4 is 29.7 Å². The molecular formula is C19H30N6O4. The molecule has 1 fully saturated rings. The smallest absolute Gasteiger partial charge is 0.278 e. The summed E-state index contributed by atoms with van der Waals surface area (Å²) >= 11 is 0. The van der Waals surface area contributed by atoms with Crippen LogP contribution in [-0.2, 0) is 4.79 Å². The van der Waals surface area contributed by atoms with Gasteiger partial charge in [0.15, 0.2) is 11.5 Å². The highest BCUT2D eigenvalue weighted by Crippen LogP contribution is 2.33. The van der Waals surface area contributed by atoms with Gasteiger partial charge in [0.25, 0.3) is 5.56 Å². The first-order valence-corrected chi connectivity index (χ1v) is 10.0. The normalized spacial score (nSPS) is 21.7. The molecule has 1 saturated carbocycles. The quantitative estimate of drug-likeness (QED) is 0.398. The highest BCUT2D eigenvalue weighted by molar-refractivity contribution is 5.97. The Labute approximate surface area is 169 Å². The van der Waals surface area contributed by atoms with Crippen molar-refractivity contribution in [3.05, 3.63) is 10.4 Å². The van der Waals surface area contributed by atoms with Gasteiger partial charge >= 0.3 is 0 Å². The summed E-state index contributed by atoms with van der Waals surface area (Å²) in [6, 6.07) is -0.768. The highest BCUT2D eigenvalue weighted by Gasteiger charge is 2.40. The predicted octanol–water partition coefficient (Wildman–Crippen LogP) is 0.440. The zero-order chi connectivity index (χ0) is 21.1. The maximum absolute atomic E-state index is 13.2. The summed E-state index contributed by atoms with van der Waals surface area (Å²) in [5.41, 5.74) is -0.455. The molecule has 0 bridgehead atoms. The number of amides is 1. The number of nitrogens with zero attached hydrogens (tertiary/aromatic N) is 4.